The van der Waals surface area contributed by atoms with E-state index in [4.69, 9.17) is 4.74 Å². The van der Waals surface area contributed by atoms with Gasteiger partial charge in [0.1, 0.15) is 17.6 Å². The lowest BCUT2D eigenvalue weighted by atomic mass is 9.91. The van der Waals surface area contributed by atoms with Crippen molar-refractivity contribution >= 4 is 6.03 Å². The maximum Gasteiger partial charge on any atom is 0.320 e. The maximum absolute atomic E-state index is 12.7. The molecule has 0 aromatic heterocycles. The van der Waals surface area contributed by atoms with Gasteiger partial charge >= 0.3 is 6.03 Å². The Morgan fingerprint density at radius 1 is 0.960 bits per heavy atom. The van der Waals surface area contributed by atoms with Crippen LogP contribution in [0, 0.1) is 0 Å². The molecule has 3 aliphatic rings. The van der Waals surface area contributed by atoms with Crippen molar-refractivity contribution in [2.45, 2.75) is 37.8 Å². The van der Waals surface area contributed by atoms with Gasteiger partial charge in [-0.3, -0.25) is 4.90 Å². The van der Waals surface area contributed by atoms with Crippen LogP contribution < -0.4 is 4.74 Å². The van der Waals surface area contributed by atoms with Gasteiger partial charge in [-0.15, -0.1) is 0 Å². The lowest BCUT2D eigenvalue weighted by molar-refractivity contribution is 0.0308. The normalized spacial score (nSPS) is 22.9. The molecule has 3 fully saturated rings. The Labute approximate surface area is 149 Å². The zero-order valence-corrected chi connectivity index (χ0v) is 14.6. The van der Waals surface area contributed by atoms with Gasteiger partial charge in [-0.1, -0.05) is 6.42 Å². The highest BCUT2D eigenvalue weighted by Crippen LogP contribution is 2.26. The van der Waals surface area contributed by atoms with Crippen LogP contribution in [0.25, 0.3) is 0 Å². The number of urea groups is 1. The summed E-state index contributed by atoms with van der Waals surface area (Å²) in [6, 6.07) is 7.65. The number of amides is 2. The number of phenolic OH excluding ortho intramolecular Hbond substituents is 1. The van der Waals surface area contributed by atoms with E-state index in [1.807, 2.05) is 9.80 Å². The summed E-state index contributed by atoms with van der Waals surface area (Å²) < 4.78 is 5.84. The minimum Gasteiger partial charge on any atom is -0.508 e. The number of aromatic hydroxyl groups is 1. The summed E-state index contributed by atoms with van der Waals surface area (Å²) in [5.41, 5.74) is 0. The number of nitrogens with zero attached hydrogens (tertiary/aromatic N) is 3. The van der Waals surface area contributed by atoms with E-state index < -0.39 is 0 Å². The number of phenols is 1. The van der Waals surface area contributed by atoms with E-state index in [0.29, 0.717) is 13.1 Å². The van der Waals surface area contributed by atoms with E-state index in [-0.39, 0.29) is 17.9 Å². The Hall–Kier alpha value is -1.95. The van der Waals surface area contributed by atoms with Crippen molar-refractivity contribution in [2.24, 2.45) is 0 Å². The average molecular weight is 345 g/mol. The molecule has 0 radical (unpaired) electrons. The lowest BCUT2D eigenvalue weighted by Crippen LogP contribution is -2.60. The number of benzene rings is 1. The zero-order valence-electron chi connectivity index (χ0n) is 14.6. The number of likely N-dealkylation sites (tertiary alicyclic amines) is 1. The Kier molecular flexibility index (Phi) is 4.70. The summed E-state index contributed by atoms with van der Waals surface area (Å²) in [5.74, 6) is 0.968. The Morgan fingerprint density at radius 3 is 2.40 bits per heavy atom. The van der Waals surface area contributed by atoms with Crippen LogP contribution in [0.4, 0.5) is 4.79 Å². The molecule has 1 aromatic carbocycles. The SMILES string of the molecule is O=C(N1CCCN(C2CCC2)CC1)N1CC(Oc2ccc(O)cc2)C1. The van der Waals surface area contributed by atoms with Gasteiger partial charge < -0.3 is 19.6 Å². The fourth-order valence-corrected chi connectivity index (χ4v) is 3.83. The average Bonchev–Trinajstić information content (AvgIpc) is 2.76. The van der Waals surface area contributed by atoms with Crippen molar-refractivity contribution in [3.63, 3.8) is 0 Å². The second-order valence-corrected chi connectivity index (χ2v) is 7.38. The van der Waals surface area contributed by atoms with E-state index in [0.717, 1.165) is 44.4 Å². The summed E-state index contributed by atoms with van der Waals surface area (Å²) in [4.78, 5) is 19.1. The molecule has 4 rings (SSSR count). The molecule has 2 amide bonds. The summed E-state index contributed by atoms with van der Waals surface area (Å²) in [5, 5.41) is 9.30. The molecular weight excluding hydrogens is 318 g/mol. The molecule has 0 spiro atoms. The molecule has 0 atom stereocenters. The predicted molar refractivity (Wildman–Crippen MR) is 94.9 cm³/mol. The second kappa shape index (κ2) is 7.12. The molecule has 2 aliphatic heterocycles. The number of carbonyl (C=O) groups excluding carboxylic acids is 1. The molecule has 1 saturated carbocycles. The summed E-state index contributed by atoms with van der Waals surface area (Å²) in [6.45, 7) is 5.13. The third-order valence-corrected chi connectivity index (χ3v) is 5.65. The van der Waals surface area contributed by atoms with Crippen molar-refractivity contribution in [3.05, 3.63) is 24.3 Å². The number of rotatable bonds is 3. The summed E-state index contributed by atoms with van der Waals surface area (Å²) >= 11 is 0. The molecular formula is C19H27N3O3. The number of hydrogen-bond acceptors (Lipinski definition) is 4. The van der Waals surface area contributed by atoms with Crippen LogP contribution >= 0.6 is 0 Å². The van der Waals surface area contributed by atoms with Crippen molar-refractivity contribution in [3.8, 4) is 11.5 Å². The summed E-state index contributed by atoms with van der Waals surface area (Å²) in [7, 11) is 0. The maximum atomic E-state index is 12.7. The van der Waals surface area contributed by atoms with E-state index in [1.165, 1.54) is 19.3 Å². The zero-order chi connectivity index (χ0) is 17.2. The Balaban J connectivity index is 1.23. The minimum absolute atomic E-state index is 0.0481. The molecule has 2 heterocycles. The molecule has 1 aliphatic carbocycles. The first kappa shape index (κ1) is 16.5. The van der Waals surface area contributed by atoms with Gasteiger partial charge in [0, 0.05) is 32.2 Å². The van der Waals surface area contributed by atoms with Gasteiger partial charge in [0.2, 0.25) is 0 Å². The van der Waals surface area contributed by atoms with Crippen LogP contribution in [0.2, 0.25) is 0 Å². The second-order valence-electron chi connectivity index (χ2n) is 7.38. The third kappa shape index (κ3) is 3.68. The smallest absolute Gasteiger partial charge is 0.320 e. The topological polar surface area (TPSA) is 56.3 Å². The quantitative estimate of drug-likeness (QED) is 0.912. The molecule has 1 aromatic rings. The highest BCUT2D eigenvalue weighted by Gasteiger charge is 2.36. The minimum atomic E-state index is 0.0481. The highest BCUT2D eigenvalue weighted by molar-refractivity contribution is 5.75. The van der Waals surface area contributed by atoms with Crippen molar-refractivity contribution in [1.29, 1.82) is 0 Å². The fourth-order valence-electron chi connectivity index (χ4n) is 3.83. The van der Waals surface area contributed by atoms with Gasteiger partial charge in [-0.2, -0.15) is 0 Å². The van der Waals surface area contributed by atoms with E-state index >= 15 is 0 Å². The largest absolute Gasteiger partial charge is 0.508 e. The van der Waals surface area contributed by atoms with Crippen LogP contribution in [0.3, 0.4) is 0 Å². The lowest BCUT2D eigenvalue weighted by Gasteiger charge is -2.41. The Morgan fingerprint density at radius 2 is 1.72 bits per heavy atom. The van der Waals surface area contributed by atoms with Crippen LogP contribution in [0.1, 0.15) is 25.7 Å². The standard InChI is InChI=1S/C19H27N3O3/c23-16-5-7-17(8-6-16)25-18-13-22(14-18)19(24)21-10-2-9-20(11-12-21)15-3-1-4-15/h5-8,15,18,23H,1-4,9-14H2. The highest BCUT2D eigenvalue weighted by atomic mass is 16.5. The molecule has 6 nitrogen and oxygen atoms in total. The van der Waals surface area contributed by atoms with E-state index in [1.54, 1.807) is 24.3 Å². The molecule has 0 bridgehead atoms. The third-order valence-electron chi connectivity index (χ3n) is 5.65. The van der Waals surface area contributed by atoms with Crippen LogP contribution in [-0.4, -0.2) is 77.3 Å². The van der Waals surface area contributed by atoms with Crippen molar-refractivity contribution < 1.29 is 14.6 Å². The van der Waals surface area contributed by atoms with Crippen molar-refractivity contribution in [1.82, 2.24) is 14.7 Å². The number of hydrogen-bond donors (Lipinski definition) is 1. The predicted octanol–water partition coefficient (Wildman–Crippen LogP) is 2.14. The molecule has 1 N–H and O–H groups in total. The Bertz CT molecular complexity index is 596. The van der Waals surface area contributed by atoms with E-state index in [2.05, 4.69) is 4.90 Å². The van der Waals surface area contributed by atoms with Crippen molar-refractivity contribution in [2.75, 3.05) is 39.3 Å². The van der Waals surface area contributed by atoms with Gasteiger partial charge in [0.05, 0.1) is 13.1 Å². The fraction of sp³-hybridized carbons (Fsp3) is 0.632. The van der Waals surface area contributed by atoms with Crippen LogP contribution in [0.15, 0.2) is 24.3 Å². The first-order valence-corrected chi connectivity index (χ1v) is 9.42. The van der Waals surface area contributed by atoms with Gasteiger partial charge in [-0.05, 0) is 43.5 Å². The molecule has 2 saturated heterocycles. The first-order chi connectivity index (χ1) is 12.2. The van der Waals surface area contributed by atoms with Crippen LogP contribution in [-0.2, 0) is 0 Å². The van der Waals surface area contributed by atoms with Crippen LogP contribution in [0.5, 0.6) is 11.5 Å². The summed E-state index contributed by atoms with van der Waals surface area (Å²) in [6.07, 6.45) is 5.14. The van der Waals surface area contributed by atoms with Gasteiger partial charge in [0.15, 0.2) is 0 Å². The number of ether oxygens (including phenoxy) is 1. The van der Waals surface area contributed by atoms with Gasteiger partial charge in [-0.25, -0.2) is 4.79 Å². The molecule has 25 heavy (non-hydrogen) atoms. The molecule has 6 heteroatoms. The number of carbonyl (C=O) groups is 1. The monoisotopic (exact) mass is 345 g/mol. The molecule has 136 valence electrons. The first-order valence-electron chi connectivity index (χ1n) is 9.42. The van der Waals surface area contributed by atoms with E-state index in [9.17, 15) is 9.90 Å². The molecule has 0 unspecified atom stereocenters. The van der Waals surface area contributed by atoms with Gasteiger partial charge in [0.25, 0.3) is 0 Å².